The van der Waals surface area contributed by atoms with E-state index < -0.39 is 0 Å². The molecule has 0 fully saturated rings. The predicted molar refractivity (Wildman–Crippen MR) is 91.6 cm³/mol. The molecule has 0 radical (unpaired) electrons. The average Bonchev–Trinajstić information content (AvgIpc) is 2.58. The van der Waals surface area contributed by atoms with E-state index in [0.717, 1.165) is 0 Å². The first-order valence-corrected chi connectivity index (χ1v) is 7.72. The molecule has 2 N–H and O–H groups in total. The molecule has 0 saturated carbocycles. The maximum Gasteiger partial charge on any atom is 0.305 e. The van der Waals surface area contributed by atoms with Gasteiger partial charge in [0.25, 0.3) is 5.56 Å². The molecule has 0 aliphatic heterocycles. The number of esters is 1. The number of nitrogens with zero attached hydrogens (tertiary/aromatic N) is 1. The second-order valence-corrected chi connectivity index (χ2v) is 5.24. The monoisotopic (exact) mass is 334 g/mol. The van der Waals surface area contributed by atoms with Gasteiger partial charge in [-0.05, 0) is 25.5 Å². The van der Waals surface area contributed by atoms with E-state index in [2.05, 4.69) is 0 Å². The van der Waals surface area contributed by atoms with E-state index in [0.29, 0.717) is 47.5 Å². The summed E-state index contributed by atoms with van der Waals surface area (Å²) in [6, 6.07) is 3.31. The van der Waals surface area contributed by atoms with Gasteiger partial charge in [0.1, 0.15) is 0 Å². The Labute approximate surface area is 139 Å². The molecule has 130 valence electrons. The quantitative estimate of drug-likeness (QED) is 0.778. The molecular formula is C17H22N2O5. The Balaban J connectivity index is 2.34. The molecule has 7 nitrogen and oxygen atoms in total. The largest absolute Gasteiger partial charge is 0.493 e. The van der Waals surface area contributed by atoms with Crippen LogP contribution in [0.15, 0.2) is 23.1 Å². The number of aromatic nitrogens is 1. The minimum atomic E-state index is -0.272. The van der Waals surface area contributed by atoms with Gasteiger partial charge in [-0.15, -0.1) is 0 Å². The smallest absolute Gasteiger partial charge is 0.305 e. The van der Waals surface area contributed by atoms with Crippen molar-refractivity contribution in [3.8, 4) is 11.5 Å². The van der Waals surface area contributed by atoms with Crippen LogP contribution >= 0.6 is 0 Å². The van der Waals surface area contributed by atoms with Gasteiger partial charge in [-0.2, -0.15) is 0 Å². The minimum Gasteiger partial charge on any atom is -0.493 e. The molecule has 0 aliphatic carbocycles. The third kappa shape index (κ3) is 3.61. The summed E-state index contributed by atoms with van der Waals surface area (Å²) in [7, 11) is 3.03. The van der Waals surface area contributed by atoms with Gasteiger partial charge in [-0.1, -0.05) is 0 Å². The number of anilines is 1. The van der Waals surface area contributed by atoms with Crippen LogP contribution < -0.4 is 20.8 Å². The van der Waals surface area contributed by atoms with Crippen LogP contribution in [0.25, 0.3) is 10.8 Å². The van der Waals surface area contributed by atoms with Gasteiger partial charge in [-0.25, -0.2) is 0 Å². The molecule has 0 amide bonds. The lowest BCUT2D eigenvalue weighted by atomic mass is 10.1. The van der Waals surface area contributed by atoms with Crippen LogP contribution in [0.3, 0.4) is 0 Å². The Morgan fingerprint density at radius 2 is 1.79 bits per heavy atom. The Bertz CT molecular complexity index is 798. The highest BCUT2D eigenvalue weighted by Gasteiger charge is 2.13. The zero-order valence-electron chi connectivity index (χ0n) is 14.1. The summed E-state index contributed by atoms with van der Waals surface area (Å²) < 4.78 is 16.9. The summed E-state index contributed by atoms with van der Waals surface area (Å²) in [5.41, 5.74) is 6.34. The molecular weight excluding hydrogens is 312 g/mol. The molecule has 0 bridgehead atoms. The summed E-state index contributed by atoms with van der Waals surface area (Å²) in [5.74, 6) is 0.702. The van der Waals surface area contributed by atoms with Gasteiger partial charge in [0.15, 0.2) is 11.5 Å². The molecule has 1 aromatic heterocycles. The van der Waals surface area contributed by atoms with Crippen molar-refractivity contribution in [2.45, 2.75) is 26.3 Å². The number of hydrogen-bond donors (Lipinski definition) is 1. The molecule has 7 heteroatoms. The van der Waals surface area contributed by atoms with Crippen molar-refractivity contribution >= 4 is 22.4 Å². The number of methoxy groups -OCH3 is 2. The lowest BCUT2D eigenvalue weighted by Crippen LogP contribution is -2.21. The number of hydrogen-bond acceptors (Lipinski definition) is 6. The highest BCUT2D eigenvalue weighted by atomic mass is 16.5. The van der Waals surface area contributed by atoms with E-state index in [4.69, 9.17) is 19.9 Å². The van der Waals surface area contributed by atoms with Crippen LogP contribution in [0.1, 0.15) is 19.8 Å². The van der Waals surface area contributed by atoms with Crippen LogP contribution in [0.2, 0.25) is 0 Å². The molecule has 0 aliphatic rings. The Morgan fingerprint density at radius 3 is 2.38 bits per heavy atom. The first kappa shape index (κ1) is 17.7. The van der Waals surface area contributed by atoms with Crippen molar-refractivity contribution in [2.75, 3.05) is 26.6 Å². The third-order valence-electron chi connectivity index (χ3n) is 3.71. The van der Waals surface area contributed by atoms with E-state index in [1.165, 1.54) is 18.8 Å². The highest BCUT2D eigenvalue weighted by Crippen LogP contribution is 2.32. The molecule has 2 rings (SSSR count). The lowest BCUT2D eigenvalue weighted by Gasteiger charge is -2.13. The van der Waals surface area contributed by atoms with Gasteiger partial charge < -0.3 is 24.5 Å². The van der Waals surface area contributed by atoms with Gasteiger partial charge >= 0.3 is 5.97 Å². The molecule has 0 spiro atoms. The number of fused-ring (bicyclic) bond motifs is 1. The van der Waals surface area contributed by atoms with E-state index >= 15 is 0 Å². The van der Waals surface area contributed by atoms with Gasteiger partial charge in [0.05, 0.1) is 31.9 Å². The number of aryl methyl sites for hydroxylation is 1. The van der Waals surface area contributed by atoms with Crippen molar-refractivity contribution in [1.82, 2.24) is 4.57 Å². The van der Waals surface area contributed by atoms with Crippen molar-refractivity contribution in [3.05, 3.63) is 28.7 Å². The van der Waals surface area contributed by atoms with E-state index in [1.54, 1.807) is 25.3 Å². The zero-order chi connectivity index (χ0) is 17.7. The number of nitrogen functional groups attached to an aromatic ring is 1. The summed E-state index contributed by atoms with van der Waals surface area (Å²) in [6.45, 7) is 2.49. The Kier molecular flexibility index (Phi) is 5.68. The van der Waals surface area contributed by atoms with Crippen molar-refractivity contribution in [1.29, 1.82) is 0 Å². The van der Waals surface area contributed by atoms with Crippen molar-refractivity contribution < 1.29 is 19.0 Å². The molecule has 0 atom stereocenters. The Hall–Kier alpha value is -2.70. The molecule has 24 heavy (non-hydrogen) atoms. The fourth-order valence-electron chi connectivity index (χ4n) is 2.54. The minimum absolute atomic E-state index is 0.191. The number of carbonyl (C=O) groups excluding carboxylic acids is 1. The second kappa shape index (κ2) is 7.72. The van der Waals surface area contributed by atoms with Crippen LogP contribution in [0, 0.1) is 0 Å². The number of benzene rings is 1. The third-order valence-corrected chi connectivity index (χ3v) is 3.71. The summed E-state index contributed by atoms with van der Waals surface area (Å²) in [5, 5.41) is 1.06. The topological polar surface area (TPSA) is 92.8 Å². The normalized spacial score (nSPS) is 10.6. The van der Waals surface area contributed by atoms with Gasteiger partial charge in [-0.3, -0.25) is 9.59 Å². The molecule has 1 aromatic carbocycles. The van der Waals surface area contributed by atoms with Crippen LogP contribution in [-0.2, 0) is 16.1 Å². The highest BCUT2D eigenvalue weighted by molar-refractivity contribution is 5.94. The van der Waals surface area contributed by atoms with E-state index in [1.807, 2.05) is 0 Å². The fraction of sp³-hybridized carbons (Fsp3) is 0.412. The number of carbonyl (C=O) groups is 1. The van der Waals surface area contributed by atoms with E-state index in [-0.39, 0.29) is 17.9 Å². The van der Waals surface area contributed by atoms with E-state index in [9.17, 15) is 9.59 Å². The first-order valence-electron chi connectivity index (χ1n) is 7.72. The van der Waals surface area contributed by atoms with Crippen molar-refractivity contribution in [3.63, 3.8) is 0 Å². The van der Waals surface area contributed by atoms with Gasteiger partial charge in [0, 0.05) is 24.5 Å². The molecule has 2 aromatic rings. The number of nitrogens with two attached hydrogens (primary N) is 1. The van der Waals surface area contributed by atoms with Gasteiger partial charge in [0.2, 0.25) is 0 Å². The predicted octanol–water partition coefficient (Wildman–Crippen LogP) is 1.94. The maximum absolute atomic E-state index is 12.6. The van der Waals surface area contributed by atoms with Crippen LogP contribution in [0.5, 0.6) is 11.5 Å². The fourth-order valence-corrected chi connectivity index (χ4v) is 2.54. The summed E-state index contributed by atoms with van der Waals surface area (Å²) in [4.78, 5) is 24.0. The average molecular weight is 334 g/mol. The summed E-state index contributed by atoms with van der Waals surface area (Å²) >= 11 is 0. The number of rotatable bonds is 7. The number of pyridine rings is 1. The SMILES string of the molecule is CCOC(=O)CCCn1cc(N)c2cc(OC)c(OC)cc2c1=O. The van der Waals surface area contributed by atoms with Crippen LogP contribution in [0.4, 0.5) is 5.69 Å². The lowest BCUT2D eigenvalue weighted by molar-refractivity contribution is -0.143. The molecule has 0 saturated heterocycles. The molecule has 1 heterocycles. The standard InChI is InChI=1S/C17H22N2O5/c1-4-24-16(20)6-5-7-19-10-13(18)11-8-14(22-2)15(23-3)9-12(11)17(19)21/h8-10H,4-7,18H2,1-3H3. The summed E-state index contributed by atoms with van der Waals surface area (Å²) in [6.07, 6.45) is 2.34. The maximum atomic E-state index is 12.6. The molecule has 0 unspecified atom stereocenters. The number of ether oxygens (including phenoxy) is 3. The zero-order valence-corrected chi connectivity index (χ0v) is 14.1. The van der Waals surface area contributed by atoms with Crippen molar-refractivity contribution in [2.24, 2.45) is 0 Å². The van der Waals surface area contributed by atoms with Crippen LogP contribution in [-0.4, -0.2) is 31.4 Å². The second-order valence-electron chi connectivity index (χ2n) is 5.24. The first-order chi connectivity index (χ1) is 11.5. The Morgan fingerprint density at radius 1 is 1.17 bits per heavy atom.